The Hall–Kier alpha value is -2.91. The molecule has 2 amide bonds. The summed E-state index contributed by atoms with van der Waals surface area (Å²) in [5, 5.41) is 2.86. The Labute approximate surface area is 182 Å². The predicted molar refractivity (Wildman–Crippen MR) is 118 cm³/mol. The van der Waals surface area contributed by atoms with E-state index in [1.54, 1.807) is 36.3 Å². The lowest BCUT2D eigenvalue weighted by atomic mass is 9.97. The molecule has 31 heavy (non-hydrogen) atoms. The van der Waals surface area contributed by atoms with Crippen LogP contribution in [0.2, 0.25) is 0 Å². The number of carbonyl (C=O) groups excluding carboxylic acids is 2. The van der Waals surface area contributed by atoms with E-state index in [0.29, 0.717) is 42.9 Å². The molecule has 8 nitrogen and oxygen atoms in total. The second-order valence-corrected chi connectivity index (χ2v) is 9.26. The van der Waals surface area contributed by atoms with Gasteiger partial charge in [-0.05, 0) is 49.9 Å². The Morgan fingerprint density at radius 3 is 2.48 bits per heavy atom. The van der Waals surface area contributed by atoms with E-state index in [0.717, 1.165) is 0 Å². The summed E-state index contributed by atoms with van der Waals surface area (Å²) < 4.78 is 33.0. The summed E-state index contributed by atoms with van der Waals surface area (Å²) in [6, 6.07) is 13.0. The highest BCUT2D eigenvalue weighted by Crippen LogP contribution is 2.24. The average molecular weight is 446 g/mol. The standard InChI is InChI=1S/C22H27N3O5S/c1-16(26)18-6-5-7-19(14-18)31(28,29)23-15-17-10-12-25(13-11-17)22(27)24-20-8-3-4-9-21(20)30-2/h3-9,14,17,23H,10-13,15H2,1-2H3,(H,24,27). The van der Waals surface area contributed by atoms with Gasteiger partial charge in [-0.2, -0.15) is 0 Å². The molecule has 0 radical (unpaired) electrons. The lowest BCUT2D eigenvalue weighted by Crippen LogP contribution is -2.43. The minimum absolute atomic E-state index is 0.0776. The molecule has 1 fully saturated rings. The Morgan fingerprint density at radius 2 is 1.81 bits per heavy atom. The molecule has 9 heteroatoms. The monoisotopic (exact) mass is 445 g/mol. The first-order chi connectivity index (χ1) is 14.8. The van der Waals surface area contributed by atoms with Gasteiger partial charge in [-0.15, -0.1) is 0 Å². The summed E-state index contributed by atoms with van der Waals surface area (Å²) in [7, 11) is -2.15. The van der Waals surface area contributed by atoms with Gasteiger partial charge in [0.15, 0.2) is 5.78 Å². The lowest BCUT2D eigenvalue weighted by molar-refractivity contribution is 0.101. The lowest BCUT2D eigenvalue weighted by Gasteiger charge is -2.32. The van der Waals surface area contributed by atoms with Crippen molar-refractivity contribution in [2.24, 2.45) is 5.92 Å². The fourth-order valence-corrected chi connectivity index (χ4v) is 4.64. The number of urea groups is 1. The number of methoxy groups -OCH3 is 1. The smallest absolute Gasteiger partial charge is 0.321 e. The van der Waals surface area contributed by atoms with Gasteiger partial charge in [0.05, 0.1) is 17.7 Å². The van der Waals surface area contributed by atoms with Crippen LogP contribution in [0.4, 0.5) is 10.5 Å². The van der Waals surface area contributed by atoms with Crippen molar-refractivity contribution in [2.75, 3.05) is 32.1 Å². The van der Waals surface area contributed by atoms with Crippen molar-refractivity contribution in [3.05, 3.63) is 54.1 Å². The molecule has 1 heterocycles. The summed E-state index contributed by atoms with van der Waals surface area (Å²) >= 11 is 0. The van der Waals surface area contributed by atoms with Crippen molar-refractivity contribution < 1.29 is 22.7 Å². The first-order valence-electron chi connectivity index (χ1n) is 10.1. The maximum Gasteiger partial charge on any atom is 0.321 e. The van der Waals surface area contributed by atoms with E-state index in [1.807, 2.05) is 12.1 Å². The molecular weight excluding hydrogens is 418 g/mol. The van der Waals surface area contributed by atoms with Crippen molar-refractivity contribution in [1.29, 1.82) is 0 Å². The Kier molecular flexibility index (Phi) is 7.29. The minimum atomic E-state index is -3.70. The first kappa shape index (κ1) is 22.8. The zero-order valence-electron chi connectivity index (χ0n) is 17.6. The molecule has 3 rings (SSSR count). The fourth-order valence-electron chi connectivity index (χ4n) is 3.48. The third-order valence-corrected chi connectivity index (χ3v) is 6.78. The number of ketones is 1. The largest absolute Gasteiger partial charge is 0.495 e. The highest BCUT2D eigenvalue weighted by Gasteiger charge is 2.25. The number of ether oxygens (including phenoxy) is 1. The van der Waals surface area contributed by atoms with Crippen LogP contribution in [0.5, 0.6) is 5.75 Å². The third kappa shape index (κ3) is 5.83. The van der Waals surface area contributed by atoms with Gasteiger partial charge in [0.1, 0.15) is 5.75 Å². The number of carbonyl (C=O) groups is 2. The fraction of sp³-hybridized carbons (Fsp3) is 0.364. The molecule has 1 aliphatic heterocycles. The molecule has 2 aromatic carbocycles. The van der Waals surface area contributed by atoms with Gasteiger partial charge in [0.2, 0.25) is 10.0 Å². The molecular formula is C22H27N3O5S. The van der Waals surface area contributed by atoms with Crippen LogP contribution in [0.3, 0.4) is 0 Å². The van der Waals surface area contributed by atoms with Crippen LogP contribution in [0.15, 0.2) is 53.4 Å². The normalized spacial score (nSPS) is 14.8. The van der Waals surface area contributed by atoms with Crippen molar-refractivity contribution in [1.82, 2.24) is 9.62 Å². The van der Waals surface area contributed by atoms with Crippen LogP contribution < -0.4 is 14.8 Å². The molecule has 2 N–H and O–H groups in total. The minimum Gasteiger partial charge on any atom is -0.495 e. The van der Waals surface area contributed by atoms with E-state index in [-0.39, 0.29) is 29.2 Å². The van der Waals surface area contributed by atoms with Crippen molar-refractivity contribution in [3.63, 3.8) is 0 Å². The second-order valence-electron chi connectivity index (χ2n) is 7.50. The molecule has 0 aliphatic carbocycles. The van der Waals surface area contributed by atoms with Crippen LogP contribution in [0.1, 0.15) is 30.1 Å². The van der Waals surface area contributed by atoms with Gasteiger partial charge in [-0.25, -0.2) is 17.9 Å². The molecule has 0 unspecified atom stereocenters. The van der Waals surface area contributed by atoms with E-state index in [1.165, 1.54) is 19.1 Å². The van der Waals surface area contributed by atoms with Gasteiger partial charge in [-0.3, -0.25) is 4.79 Å². The number of amides is 2. The van der Waals surface area contributed by atoms with Gasteiger partial charge in [-0.1, -0.05) is 24.3 Å². The van der Waals surface area contributed by atoms with Crippen LogP contribution >= 0.6 is 0 Å². The van der Waals surface area contributed by atoms with Crippen LogP contribution in [0.25, 0.3) is 0 Å². The van der Waals surface area contributed by atoms with Gasteiger partial charge in [0.25, 0.3) is 0 Å². The van der Waals surface area contributed by atoms with E-state index < -0.39 is 10.0 Å². The zero-order chi connectivity index (χ0) is 22.4. The molecule has 1 aliphatic rings. The highest BCUT2D eigenvalue weighted by atomic mass is 32.2. The number of para-hydroxylation sites is 2. The van der Waals surface area contributed by atoms with Crippen molar-refractivity contribution in [3.8, 4) is 5.75 Å². The first-order valence-corrected chi connectivity index (χ1v) is 11.6. The number of likely N-dealkylation sites (tertiary alicyclic amines) is 1. The van der Waals surface area contributed by atoms with E-state index in [9.17, 15) is 18.0 Å². The topological polar surface area (TPSA) is 105 Å². The van der Waals surface area contributed by atoms with Crippen molar-refractivity contribution in [2.45, 2.75) is 24.7 Å². The molecule has 0 spiro atoms. The van der Waals surface area contributed by atoms with E-state index in [2.05, 4.69) is 10.0 Å². The van der Waals surface area contributed by atoms with Gasteiger partial charge in [0, 0.05) is 25.2 Å². The third-order valence-electron chi connectivity index (χ3n) is 5.36. The number of sulfonamides is 1. The highest BCUT2D eigenvalue weighted by molar-refractivity contribution is 7.89. The summed E-state index contributed by atoms with van der Waals surface area (Å²) in [4.78, 5) is 25.9. The van der Waals surface area contributed by atoms with Crippen LogP contribution in [0, 0.1) is 5.92 Å². The zero-order valence-corrected chi connectivity index (χ0v) is 18.4. The molecule has 166 valence electrons. The number of nitrogens with zero attached hydrogens (tertiary/aromatic N) is 1. The molecule has 0 saturated carbocycles. The molecule has 0 bridgehead atoms. The Morgan fingerprint density at radius 1 is 1.10 bits per heavy atom. The second kappa shape index (κ2) is 9.93. The number of Topliss-reactive ketones (excluding diaryl/α,β-unsaturated/α-hetero) is 1. The summed E-state index contributed by atoms with van der Waals surface area (Å²) in [6.45, 7) is 2.76. The van der Waals surface area contributed by atoms with E-state index in [4.69, 9.17) is 4.74 Å². The molecule has 0 aromatic heterocycles. The van der Waals surface area contributed by atoms with E-state index >= 15 is 0 Å². The summed E-state index contributed by atoms with van der Waals surface area (Å²) in [5.41, 5.74) is 0.968. The maximum absolute atomic E-state index is 12.6. The number of benzene rings is 2. The van der Waals surface area contributed by atoms with Gasteiger partial charge >= 0.3 is 6.03 Å². The van der Waals surface area contributed by atoms with Gasteiger partial charge < -0.3 is 15.0 Å². The van der Waals surface area contributed by atoms with Crippen LogP contribution in [-0.4, -0.2) is 51.9 Å². The number of piperidine rings is 1. The quantitative estimate of drug-likeness (QED) is 0.637. The predicted octanol–water partition coefficient (Wildman–Crippen LogP) is 3.12. The Bertz CT molecular complexity index is 1050. The number of hydrogen-bond acceptors (Lipinski definition) is 5. The number of anilines is 1. The SMILES string of the molecule is COc1ccccc1NC(=O)N1CCC(CNS(=O)(=O)c2cccc(C(C)=O)c2)CC1. The number of rotatable bonds is 7. The maximum atomic E-state index is 12.6. The number of hydrogen-bond donors (Lipinski definition) is 2. The average Bonchev–Trinajstić information content (AvgIpc) is 2.78. The van der Waals surface area contributed by atoms with Crippen LogP contribution in [-0.2, 0) is 10.0 Å². The molecule has 1 saturated heterocycles. The molecule has 0 atom stereocenters. The summed E-state index contributed by atoms with van der Waals surface area (Å²) in [6.07, 6.45) is 1.38. The molecule has 2 aromatic rings. The number of nitrogens with one attached hydrogen (secondary N) is 2. The Balaban J connectivity index is 1.51. The van der Waals surface area contributed by atoms with Crippen molar-refractivity contribution >= 4 is 27.5 Å². The summed E-state index contributed by atoms with van der Waals surface area (Å²) in [5.74, 6) is 0.533.